The third-order valence-corrected chi connectivity index (χ3v) is 5.05. The SMILES string of the molecule is CC(c1ccc(OCc2ccccc2)cc1)N1CCCCC1CN. The zero-order valence-corrected chi connectivity index (χ0v) is 14.5. The molecule has 2 N–H and O–H groups in total. The number of hydrogen-bond donors (Lipinski definition) is 1. The van der Waals surface area contributed by atoms with E-state index in [0.717, 1.165) is 18.8 Å². The van der Waals surface area contributed by atoms with Gasteiger partial charge in [-0.05, 0) is 49.6 Å². The third-order valence-electron chi connectivity index (χ3n) is 5.05. The van der Waals surface area contributed by atoms with Gasteiger partial charge in [0.15, 0.2) is 0 Å². The minimum atomic E-state index is 0.405. The van der Waals surface area contributed by atoms with Crippen LogP contribution in [0.25, 0.3) is 0 Å². The van der Waals surface area contributed by atoms with E-state index in [1.54, 1.807) is 0 Å². The summed E-state index contributed by atoms with van der Waals surface area (Å²) in [6.45, 7) is 4.79. The summed E-state index contributed by atoms with van der Waals surface area (Å²) in [6, 6.07) is 19.7. The van der Waals surface area contributed by atoms with E-state index in [4.69, 9.17) is 10.5 Å². The number of benzene rings is 2. The molecule has 2 atom stereocenters. The van der Waals surface area contributed by atoms with Crippen LogP contribution >= 0.6 is 0 Å². The van der Waals surface area contributed by atoms with E-state index >= 15 is 0 Å². The second kappa shape index (κ2) is 8.32. The fourth-order valence-corrected chi connectivity index (χ4v) is 3.56. The zero-order valence-electron chi connectivity index (χ0n) is 14.5. The highest BCUT2D eigenvalue weighted by atomic mass is 16.5. The van der Waals surface area contributed by atoms with Crippen molar-refractivity contribution in [1.29, 1.82) is 0 Å². The van der Waals surface area contributed by atoms with Gasteiger partial charge in [-0.15, -0.1) is 0 Å². The van der Waals surface area contributed by atoms with Crippen LogP contribution in [0.4, 0.5) is 0 Å². The second-order valence-electron chi connectivity index (χ2n) is 6.64. The van der Waals surface area contributed by atoms with Gasteiger partial charge >= 0.3 is 0 Å². The lowest BCUT2D eigenvalue weighted by Gasteiger charge is -2.39. The van der Waals surface area contributed by atoms with Gasteiger partial charge in [0.25, 0.3) is 0 Å². The van der Waals surface area contributed by atoms with Crippen LogP contribution in [-0.2, 0) is 6.61 Å². The topological polar surface area (TPSA) is 38.5 Å². The highest BCUT2D eigenvalue weighted by molar-refractivity contribution is 5.29. The van der Waals surface area contributed by atoms with Crippen molar-refractivity contribution in [3.63, 3.8) is 0 Å². The summed E-state index contributed by atoms with van der Waals surface area (Å²) in [5.41, 5.74) is 8.49. The van der Waals surface area contributed by atoms with E-state index in [2.05, 4.69) is 48.2 Å². The van der Waals surface area contributed by atoms with Crippen LogP contribution in [0.3, 0.4) is 0 Å². The molecule has 1 aliphatic heterocycles. The summed E-state index contributed by atoms with van der Waals surface area (Å²) >= 11 is 0. The Morgan fingerprint density at radius 2 is 1.83 bits per heavy atom. The quantitative estimate of drug-likeness (QED) is 0.868. The minimum Gasteiger partial charge on any atom is -0.489 e. The number of likely N-dealkylation sites (tertiary alicyclic amines) is 1. The minimum absolute atomic E-state index is 0.405. The van der Waals surface area contributed by atoms with Crippen molar-refractivity contribution in [3.8, 4) is 5.75 Å². The molecule has 1 fully saturated rings. The van der Waals surface area contributed by atoms with Gasteiger partial charge in [0.1, 0.15) is 12.4 Å². The largest absolute Gasteiger partial charge is 0.489 e. The molecule has 24 heavy (non-hydrogen) atoms. The summed E-state index contributed by atoms with van der Waals surface area (Å²) in [7, 11) is 0. The maximum absolute atomic E-state index is 5.97. The Bertz CT molecular complexity index is 611. The Hall–Kier alpha value is -1.84. The lowest BCUT2D eigenvalue weighted by molar-refractivity contribution is 0.108. The first kappa shape index (κ1) is 17.0. The van der Waals surface area contributed by atoms with Crippen molar-refractivity contribution in [2.75, 3.05) is 13.1 Å². The molecule has 0 spiro atoms. The number of ether oxygens (including phenoxy) is 1. The summed E-state index contributed by atoms with van der Waals surface area (Å²) in [4.78, 5) is 2.56. The average Bonchev–Trinajstić information content (AvgIpc) is 2.67. The van der Waals surface area contributed by atoms with Crippen LogP contribution in [0.5, 0.6) is 5.75 Å². The lowest BCUT2D eigenvalue weighted by Crippen LogP contribution is -2.45. The van der Waals surface area contributed by atoms with E-state index in [1.807, 2.05) is 18.2 Å². The predicted octanol–water partition coefficient (Wildman–Crippen LogP) is 4.14. The van der Waals surface area contributed by atoms with E-state index in [9.17, 15) is 0 Å². The standard InChI is InChI=1S/C21H28N2O/c1-17(23-14-6-5-9-20(23)15-22)19-10-12-21(13-11-19)24-16-18-7-3-2-4-8-18/h2-4,7-8,10-13,17,20H,5-6,9,14-16,22H2,1H3. The molecule has 2 aromatic rings. The van der Waals surface area contributed by atoms with Gasteiger partial charge in [0, 0.05) is 18.6 Å². The van der Waals surface area contributed by atoms with Crippen LogP contribution < -0.4 is 10.5 Å². The average molecular weight is 324 g/mol. The van der Waals surface area contributed by atoms with Crippen molar-refractivity contribution in [2.24, 2.45) is 5.73 Å². The molecule has 2 aromatic carbocycles. The highest BCUT2D eigenvalue weighted by Crippen LogP contribution is 2.29. The first-order valence-corrected chi connectivity index (χ1v) is 9.00. The molecule has 3 heteroatoms. The van der Waals surface area contributed by atoms with Crippen molar-refractivity contribution in [1.82, 2.24) is 4.90 Å². The smallest absolute Gasteiger partial charge is 0.119 e. The van der Waals surface area contributed by atoms with Crippen molar-refractivity contribution in [3.05, 3.63) is 65.7 Å². The van der Waals surface area contributed by atoms with Crippen molar-refractivity contribution < 1.29 is 4.74 Å². The molecule has 3 nitrogen and oxygen atoms in total. The van der Waals surface area contributed by atoms with Gasteiger partial charge in [-0.1, -0.05) is 48.9 Å². The first-order valence-electron chi connectivity index (χ1n) is 9.00. The van der Waals surface area contributed by atoms with Gasteiger partial charge in [-0.3, -0.25) is 4.90 Å². The maximum Gasteiger partial charge on any atom is 0.119 e. The van der Waals surface area contributed by atoms with Gasteiger partial charge in [-0.2, -0.15) is 0 Å². The Kier molecular flexibility index (Phi) is 5.89. The molecule has 0 aliphatic carbocycles. The van der Waals surface area contributed by atoms with E-state index in [1.165, 1.54) is 30.4 Å². The Morgan fingerprint density at radius 3 is 2.54 bits per heavy atom. The molecule has 1 heterocycles. The number of nitrogens with zero attached hydrogens (tertiary/aromatic N) is 1. The summed E-state index contributed by atoms with van der Waals surface area (Å²) in [5.74, 6) is 0.920. The van der Waals surface area contributed by atoms with Crippen LogP contribution in [0.2, 0.25) is 0 Å². The molecule has 0 amide bonds. The van der Waals surface area contributed by atoms with Gasteiger partial charge in [0.05, 0.1) is 0 Å². The number of hydrogen-bond acceptors (Lipinski definition) is 3. The molecule has 2 unspecified atom stereocenters. The molecule has 0 aromatic heterocycles. The molecular weight excluding hydrogens is 296 g/mol. The van der Waals surface area contributed by atoms with E-state index in [0.29, 0.717) is 18.7 Å². The van der Waals surface area contributed by atoms with Gasteiger partial charge in [-0.25, -0.2) is 0 Å². The summed E-state index contributed by atoms with van der Waals surface area (Å²) < 4.78 is 5.88. The summed E-state index contributed by atoms with van der Waals surface area (Å²) in [5, 5.41) is 0. The molecule has 1 aliphatic rings. The fraction of sp³-hybridized carbons (Fsp3) is 0.429. The normalized spacial score (nSPS) is 19.8. The molecule has 0 bridgehead atoms. The number of rotatable bonds is 6. The monoisotopic (exact) mass is 324 g/mol. The number of piperidine rings is 1. The summed E-state index contributed by atoms with van der Waals surface area (Å²) in [6.07, 6.45) is 3.80. The number of nitrogens with two attached hydrogens (primary N) is 1. The molecule has 1 saturated heterocycles. The fourth-order valence-electron chi connectivity index (χ4n) is 3.56. The molecule has 0 radical (unpaired) electrons. The Balaban J connectivity index is 1.61. The first-order chi connectivity index (χ1) is 11.8. The molecule has 0 saturated carbocycles. The molecule has 128 valence electrons. The van der Waals surface area contributed by atoms with Crippen molar-refractivity contribution >= 4 is 0 Å². The van der Waals surface area contributed by atoms with Gasteiger partial charge in [0.2, 0.25) is 0 Å². The molecular formula is C21H28N2O. The maximum atomic E-state index is 5.97. The van der Waals surface area contributed by atoms with Crippen LogP contribution in [-0.4, -0.2) is 24.0 Å². The van der Waals surface area contributed by atoms with Crippen LogP contribution in [0, 0.1) is 0 Å². The van der Waals surface area contributed by atoms with Gasteiger partial charge < -0.3 is 10.5 Å². The molecule has 3 rings (SSSR count). The Labute approximate surface area is 145 Å². The second-order valence-corrected chi connectivity index (χ2v) is 6.64. The lowest BCUT2D eigenvalue weighted by atomic mass is 9.97. The Morgan fingerprint density at radius 1 is 1.08 bits per heavy atom. The van der Waals surface area contributed by atoms with E-state index < -0.39 is 0 Å². The van der Waals surface area contributed by atoms with Crippen LogP contribution in [0.15, 0.2) is 54.6 Å². The van der Waals surface area contributed by atoms with Crippen LogP contribution in [0.1, 0.15) is 43.4 Å². The van der Waals surface area contributed by atoms with E-state index in [-0.39, 0.29) is 0 Å². The zero-order chi connectivity index (χ0) is 16.8. The van der Waals surface area contributed by atoms with Crippen molar-refractivity contribution in [2.45, 2.75) is 44.9 Å². The highest BCUT2D eigenvalue weighted by Gasteiger charge is 2.26. The predicted molar refractivity (Wildman–Crippen MR) is 99.0 cm³/mol. The third kappa shape index (κ3) is 4.16.